The summed E-state index contributed by atoms with van der Waals surface area (Å²) in [6, 6.07) is 16.6. The Bertz CT molecular complexity index is 760. The highest BCUT2D eigenvalue weighted by atomic mass is 14.7. The van der Waals surface area contributed by atoms with E-state index in [0.717, 1.165) is 33.4 Å². The fourth-order valence-corrected chi connectivity index (χ4v) is 2.34. The van der Waals surface area contributed by atoms with Gasteiger partial charge in [0.15, 0.2) is 0 Å². The molecular formula is C17H16N2. The molecule has 3 aromatic rings. The molecule has 0 aliphatic rings. The first-order valence-corrected chi connectivity index (χ1v) is 6.37. The van der Waals surface area contributed by atoms with Gasteiger partial charge in [-0.2, -0.15) is 0 Å². The van der Waals surface area contributed by atoms with Gasteiger partial charge in [-0.15, -0.1) is 0 Å². The molecule has 19 heavy (non-hydrogen) atoms. The van der Waals surface area contributed by atoms with Crippen LogP contribution in [0.1, 0.15) is 11.3 Å². The molecule has 0 amide bonds. The van der Waals surface area contributed by atoms with E-state index in [1.807, 2.05) is 26.0 Å². The Morgan fingerprint density at radius 1 is 0.895 bits per heavy atom. The monoisotopic (exact) mass is 248 g/mol. The van der Waals surface area contributed by atoms with Gasteiger partial charge in [-0.1, -0.05) is 24.3 Å². The molecule has 3 rings (SSSR count). The number of benzene rings is 2. The van der Waals surface area contributed by atoms with E-state index in [1.54, 1.807) is 0 Å². The largest absolute Gasteiger partial charge is 0.398 e. The summed E-state index contributed by atoms with van der Waals surface area (Å²) >= 11 is 0. The van der Waals surface area contributed by atoms with Crippen molar-refractivity contribution < 1.29 is 0 Å². The van der Waals surface area contributed by atoms with Gasteiger partial charge < -0.3 is 5.73 Å². The Kier molecular flexibility index (Phi) is 2.71. The number of aromatic nitrogens is 1. The van der Waals surface area contributed by atoms with Crippen LogP contribution in [-0.2, 0) is 0 Å². The summed E-state index contributed by atoms with van der Waals surface area (Å²) < 4.78 is 0. The first kappa shape index (κ1) is 11.7. The average Bonchev–Trinajstić information content (AvgIpc) is 2.38. The zero-order chi connectivity index (χ0) is 13.4. The highest BCUT2D eigenvalue weighted by molar-refractivity contribution is 5.87. The molecular weight excluding hydrogens is 232 g/mol. The number of aryl methyl sites for hydroxylation is 2. The Balaban J connectivity index is 2.17. The molecule has 0 bridgehead atoms. The number of hydrogen-bond donors (Lipinski definition) is 1. The van der Waals surface area contributed by atoms with Gasteiger partial charge in [0.1, 0.15) is 0 Å². The Labute approximate surface area is 112 Å². The first-order chi connectivity index (χ1) is 9.13. The molecule has 2 nitrogen and oxygen atoms in total. The van der Waals surface area contributed by atoms with Crippen molar-refractivity contribution in [2.24, 2.45) is 0 Å². The number of nitrogen functional groups attached to an aromatic ring is 1. The van der Waals surface area contributed by atoms with Gasteiger partial charge in [-0.05, 0) is 49.2 Å². The van der Waals surface area contributed by atoms with Crippen LogP contribution in [0.2, 0.25) is 0 Å². The van der Waals surface area contributed by atoms with Crippen LogP contribution in [-0.4, -0.2) is 4.98 Å². The lowest BCUT2D eigenvalue weighted by molar-refractivity contribution is 1.26. The summed E-state index contributed by atoms with van der Waals surface area (Å²) in [5.74, 6) is 0. The van der Waals surface area contributed by atoms with Crippen molar-refractivity contribution in [1.82, 2.24) is 4.98 Å². The van der Waals surface area contributed by atoms with Crippen molar-refractivity contribution in [1.29, 1.82) is 0 Å². The zero-order valence-electron chi connectivity index (χ0n) is 11.1. The fraction of sp³-hybridized carbons (Fsp3) is 0.118. The molecule has 0 spiro atoms. The predicted octanol–water partition coefficient (Wildman–Crippen LogP) is 4.10. The van der Waals surface area contributed by atoms with Gasteiger partial charge in [0.25, 0.3) is 0 Å². The maximum Gasteiger partial charge on any atom is 0.0705 e. The topological polar surface area (TPSA) is 38.9 Å². The minimum absolute atomic E-state index is 0.819. The van der Waals surface area contributed by atoms with Gasteiger partial charge in [-0.25, -0.2) is 0 Å². The number of nitrogens with zero attached hydrogens (tertiary/aromatic N) is 1. The van der Waals surface area contributed by atoms with Gasteiger partial charge in [0, 0.05) is 22.3 Å². The first-order valence-electron chi connectivity index (χ1n) is 6.37. The predicted molar refractivity (Wildman–Crippen MR) is 81.1 cm³/mol. The van der Waals surface area contributed by atoms with E-state index in [9.17, 15) is 0 Å². The van der Waals surface area contributed by atoms with Gasteiger partial charge in [0.05, 0.1) is 5.52 Å². The van der Waals surface area contributed by atoms with Crippen LogP contribution < -0.4 is 5.73 Å². The number of rotatable bonds is 1. The van der Waals surface area contributed by atoms with Crippen LogP contribution in [0.15, 0.2) is 48.5 Å². The SMILES string of the molecule is Cc1ccc(-c2ccc3nc(C)ccc3c2)c(N)c1. The van der Waals surface area contributed by atoms with Crippen molar-refractivity contribution in [3.63, 3.8) is 0 Å². The second-order valence-electron chi connectivity index (χ2n) is 4.95. The molecule has 0 aliphatic carbocycles. The summed E-state index contributed by atoms with van der Waals surface area (Å²) in [5.41, 5.74) is 12.4. The molecule has 0 unspecified atom stereocenters. The van der Waals surface area contributed by atoms with Crippen LogP contribution in [0.25, 0.3) is 22.0 Å². The second kappa shape index (κ2) is 4.39. The number of pyridine rings is 1. The number of fused-ring (bicyclic) bond motifs is 1. The smallest absolute Gasteiger partial charge is 0.0705 e. The molecule has 0 aliphatic heterocycles. The van der Waals surface area contributed by atoms with Crippen molar-refractivity contribution in [3.8, 4) is 11.1 Å². The summed E-state index contributed by atoms with van der Waals surface area (Å²) in [6.07, 6.45) is 0. The minimum atomic E-state index is 0.819. The summed E-state index contributed by atoms with van der Waals surface area (Å²) in [5, 5.41) is 1.14. The molecule has 94 valence electrons. The van der Waals surface area contributed by atoms with Gasteiger partial charge >= 0.3 is 0 Å². The van der Waals surface area contributed by atoms with Crippen molar-refractivity contribution in [2.75, 3.05) is 5.73 Å². The summed E-state index contributed by atoms with van der Waals surface area (Å²) in [7, 11) is 0. The lowest BCUT2D eigenvalue weighted by Crippen LogP contribution is -1.91. The fourth-order valence-electron chi connectivity index (χ4n) is 2.34. The van der Waals surface area contributed by atoms with E-state index in [4.69, 9.17) is 5.73 Å². The molecule has 0 radical (unpaired) electrons. The maximum atomic E-state index is 6.11. The van der Waals surface area contributed by atoms with Crippen molar-refractivity contribution in [3.05, 3.63) is 59.8 Å². The van der Waals surface area contributed by atoms with Crippen LogP contribution >= 0.6 is 0 Å². The van der Waals surface area contributed by atoms with Crippen LogP contribution in [0.4, 0.5) is 5.69 Å². The van der Waals surface area contributed by atoms with E-state index < -0.39 is 0 Å². The van der Waals surface area contributed by atoms with E-state index in [1.165, 1.54) is 5.56 Å². The lowest BCUT2D eigenvalue weighted by atomic mass is 10.0. The van der Waals surface area contributed by atoms with E-state index in [2.05, 4.69) is 41.4 Å². The standard InChI is InChI=1S/C17H16N2/c1-11-3-7-15(16(18)9-11)13-6-8-17-14(10-13)5-4-12(2)19-17/h3-10H,18H2,1-2H3. The van der Waals surface area contributed by atoms with E-state index in [-0.39, 0.29) is 0 Å². The number of anilines is 1. The van der Waals surface area contributed by atoms with Crippen LogP contribution in [0.3, 0.4) is 0 Å². The molecule has 0 atom stereocenters. The maximum absolute atomic E-state index is 6.11. The normalized spacial score (nSPS) is 10.8. The third-order valence-electron chi connectivity index (χ3n) is 3.35. The molecule has 2 N–H and O–H groups in total. The van der Waals surface area contributed by atoms with Gasteiger partial charge in [0.2, 0.25) is 0 Å². The molecule has 0 saturated heterocycles. The molecule has 1 heterocycles. The molecule has 1 aromatic heterocycles. The highest BCUT2D eigenvalue weighted by Crippen LogP contribution is 2.29. The highest BCUT2D eigenvalue weighted by Gasteiger charge is 2.04. The van der Waals surface area contributed by atoms with Crippen molar-refractivity contribution >= 4 is 16.6 Å². The number of nitrogens with two attached hydrogens (primary N) is 1. The van der Waals surface area contributed by atoms with E-state index >= 15 is 0 Å². The lowest BCUT2D eigenvalue weighted by Gasteiger charge is -2.08. The van der Waals surface area contributed by atoms with Crippen LogP contribution in [0, 0.1) is 13.8 Å². The zero-order valence-corrected chi connectivity index (χ0v) is 11.1. The quantitative estimate of drug-likeness (QED) is 0.658. The third kappa shape index (κ3) is 2.17. The second-order valence-corrected chi connectivity index (χ2v) is 4.95. The summed E-state index contributed by atoms with van der Waals surface area (Å²) in [4.78, 5) is 4.52. The number of hydrogen-bond acceptors (Lipinski definition) is 2. The average molecular weight is 248 g/mol. The Morgan fingerprint density at radius 2 is 1.74 bits per heavy atom. The van der Waals surface area contributed by atoms with Crippen LogP contribution in [0.5, 0.6) is 0 Å². The molecule has 0 fully saturated rings. The molecule has 0 saturated carbocycles. The minimum Gasteiger partial charge on any atom is -0.398 e. The molecule has 2 aromatic carbocycles. The third-order valence-corrected chi connectivity index (χ3v) is 3.35. The van der Waals surface area contributed by atoms with Crippen molar-refractivity contribution in [2.45, 2.75) is 13.8 Å². The Morgan fingerprint density at radius 3 is 2.53 bits per heavy atom. The summed E-state index contributed by atoms with van der Waals surface area (Å²) in [6.45, 7) is 4.05. The molecule has 2 heteroatoms. The van der Waals surface area contributed by atoms with Gasteiger partial charge in [-0.3, -0.25) is 4.98 Å². The van der Waals surface area contributed by atoms with E-state index in [0.29, 0.717) is 0 Å². The Hall–Kier alpha value is -2.35.